The maximum atomic E-state index is 13.6. The second-order valence-corrected chi connectivity index (χ2v) is 12.1. The van der Waals surface area contributed by atoms with E-state index in [0.29, 0.717) is 18.7 Å². The number of alkyl carbamates (subject to hydrolysis) is 1. The summed E-state index contributed by atoms with van der Waals surface area (Å²) in [6.45, 7) is 13.5. The van der Waals surface area contributed by atoms with E-state index in [1.807, 2.05) is 58.0 Å². The first-order valence-corrected chi connectivity index (χ1v) is 14.3. The molecule has 0 saturated heterocycles. The maximum absolute atomic E-state index is 13.6. The largest absolute Gasteiger partial charge is 0.444 e. The lowest BCUT2D eigenvalue weighted by Gasteiger charge is -2.29. The number of hydrogen-bond donors (Lipinski definition) is 6. The molecule has 0 bridgehead atoms. The predicted molar refractivity (Wildman–Crippen MR) is 158 cm³/mol. The van der Waals surface area contributed by atoms with Gasteiger partial charge in [0.15, 0.2) is 0 Å². The van der Waals surface area contributed by atoms with E-state index in [4.69, 9.17) is 4.74 Å². The van der Waals surface area contributed by atoms with Crippen molar-refractivity contribution < 1.29 is 24.2 Å². The minimum atomic E-state index is -1.00. The number of imidazole rings is 1. The number of ether oxygens (including phenoxy) is 1. The van der Waals surface area contributed by atoms with E-state index in [1.54, 1.807) is 27.0 Å². The molecule has 3 amide bonds. The van der Waals surface area contributed by atoms with Crippen LogP contribution in [0.3, 0.4) is 0 Å². The van der Waals surface area contributed by atoms with Crippen molar-refractivity contribution in [3.05, 3.63) is 54.1 Å². The Morgan fingerprint density at radius 1 is 0.951 bits per heavy atom. The Labute approximate surface area is 243 Å². The fourth-order valence-corrected chi connectivity index (χ4v) is 4.21. The van der Waals surface area contributed by atoms with Crippen LogP contribution in [0.2, 0.25) is 0 Å². The minimum absolute atomic E-state index is 0.136. The molecule has 6 N–H and O–H groups in total. The summed E-state index contributed by atoms with van der Waals surface area (Å²) in [6.07, 6.45) is 2.40. The lowest BCUT2D eigenvalue weighted by molar-refractivity contribution is -0.131. The molecule has 41 heavy (non-hydrogen) atoms. The third kappa shape index (κ3) is 13.2. The summed E-state index contributed by atoms with van der Waals surface area (Å²) in [5, 5.41) is 22.5. The van der Waals surface area contributed by atoms with Crippen LogP contribution in [-0.2, 0) is 27.2 Å². The van der Waals surface area contributed by atoms with Gasteiger partial charge in [-0.25, -0.2) is 9.78 Å². The van der Waals surface area contributed by atoms with Crippen molar-refractivity contribution in [3.8, 4) is 0 Å². The normalized spacial score (nSPS) is 14.7. The molecular formula is C30H48N6O5. The van der Waals surface area contributed by atoms with Crippen molar-refractivity contribution in [2.75, 3.05) is 6.54 Å². The third-order valence-electron chi connectivity index (χ3n) is 6.15. The minimum Gasteiger partial charge on any atom is -0.444 e. The van der Waals surface area contributed by atoms with Gasteiger partial charge in [0.05, 0.1) is 18.5 Å². The number of aliphatic hydroxyl groups is 1. The molecule has 0 spiro atoms. The summed E-state index contributed by atoms with van der Waals surface area (Å²) in [7, 11) is 0. The number of carbonyl (C=O) groups is 3. The Hall–Kier alpha value is -3.44. The number of aromatic nitrogens is 2. The number of nitrogens with one attached hydrogen (secondary N) is 5. The van der Waals surface area contributed by atoms with Crippen molar-refractivity contribution in [2.45, 2.75) is 104 Å². The second-order valence-electron chi connectivity index (χ2n) is 12.1. The molecule has 1 aromatic carbocycles. The van der Waals surface area contributed by atoms with E-state index in [1.165, 1.54) is 6.33 Å². The lowest BCUT2D eigenvalue weighted by atomic mass is 9.98. The summed E-state index contributed by atoms with van der Waals surface area (Å²) in [4.78, 5) is 46.9. The van der Waals surface area contributed by atoms with Crippen LogP contribution in [0.15, 0.2) is 42.9 Å². The van der Waals surface area contributed by atoms with Crippen LogP contribution in [-0.4, -0.2) is 75.4 Å². The Bertz CT molecular complexity index is 1070. The predicted octanol–water partition coefficient (Wildman–Crippen LogP) is 2.46. The van der Waals surface area contributed by atoms with Gasteiger partial charge in [0, 0.05) is 37.3 Å². The molecule has 11 nitrogen and oxygen atoms in total. The number of nitrogens with zero attached hydrogens (tertiary/aromatic N) is 1. The molecule has 228 valence electrons. The van der Waals surface area contributed by atoms with E-state index in [2.05, 4.69) is 31.2 Å². The van der Waals surface area contributed by atoms with Crippen LogP contribution in [0, 0.1) is 5.92 Å². The van der Waals surface area contributed by atoms with Crippen molar-refractivity contribution in [1.82, 2.24) is 31.2 Å². The van der Waals surface area contributed by atoms with Gasteiger partial charge in [0.25, 0.3) is 0 Å². The van der Waals surface area contributed by atoms with Gasteiger partial charge in [-0.15, -0.1) is 0 Å². The molecule has 11 heteroatoms. The number of H-pyrrole nitrogens is 1. The molecule has 2 rings (SSSR count). The number of aliphatic hydroxyl groups excluding tert-OH is 1. The molecule has 1 heterocycles. The molecule has 0 aliphatic rings. The number of carbonyl (C=O) groups excluding carboxylic acids is 3. The molecule has 0 aliphatic heterocycles. The molecule has 0 saturated carbocycles. The summed E-state index contributed by atoms with van der Waals surface area (Å²) < 4.78 is 5.39. The van der Waals surface area contributed by atoms with Crippen LogP contribution in [0.25, 0.3) is 0 Å². The SMILES string of the molecule is CC(C)C[C@@H](NC(=O)[C@H](Cc1cnc[nH]1)NC(=O)[C@H](Cc1ccccc1)NC(=O)OC(C)(C)C)[C@H](O)CNC(C)C. The zero-order valence-corrected chi connectivity index (χ0v) is 25.4. The highest BCUT2D eigenvalue weighted by Crippen LogP contribution is 2.12. The van der Waals surface area contributed by atoms with Crippen molar-refractivity contribution >= 4 is 17.9 Å². The highest BCUT2D eigenvalue weighted by molar-refractivity contribution is 5.91. The Morgan fingerprint density at radius 2 is 1.59 bits per heavy atom. The first kappa shape index (κ1) is 33.8. The lowest BCUT2D eigenvalue weighted by Crippen LogP contribution is -2.58. The maximum Gasteiger partial charge on any atom is 0.408 e. The van der Waals surface area contributed by atoms with Gasteiger partial charge < -0.3 is 36.1 Å². The number of rotatable bonds is 15. The molecular weight excluding hydrogens is 524 g/mol. The molecule has 4 atom stereocenters. The number of amides is 3. The average molecular weight is 573 g/mol. The standard InChI is InChI=1S/C30H48N6O5/c1-19(2)13-23(26(37)17-32-20(3)4)34-28(39)25(15-22-16-31-18-33-22)35-27(38)24(14-21-11-9-8-10-12-21)36-29(40)41-30(5,6)7/h8-12,16,18-20,23-26,32,37H,13-15,17H2,1-7H3,(H,31,33)(H,34,39)(H,35,38)(H,36,40)/t23-,24+,25+,26-/m1/s1. The fourth-order valence-electron chi connectivity index (χ4n) is 4.21. The van der Waals surface area contributed by atoms with E-state index in [-0.39, 0.29) is 24.8 Å². The van der Waals surface area contributed by atoms with Crippen LogP contribution in [0.4, 0.5) is 4.79 Å². The highest BCUT2D eigenvalue weighted by atomic mass is 16.6. The van der Waals surface area contributed by atoms with E-state index in [0.717, 1.165) is 5.56 Å². The zero-order chi connectivity index (χ0) is 30.6. The van der Waals surface area contributed by atoms with Gasteiger partial charge in [-0.1, -0.05) is 58.0 Å². The summed E-state index contributed by atoms with van der Waals surface area (Å²) in [5.74, 6) is -0.775. The first-order chi connectivity index (χ1) is 19.2. The quantitative estimate of drug-likeness (QED) is 0.191. The van der Waals surface area contributed by atoms with Gasteiger partial charge >= 0.3 is 6.09 Å². The summed E-state index contributed by atoms with van der Waals surface area (Å²) in [5.41, 5.74) is 0.723. The van der Waals surface area contributed by atoms with Crippen LogP contribution in [0.1, 0.15) is 66.1 Å². The zero-order valence-electron chi connectivity index (χ0n) is 25.4. The second kappa shape index (κ2) is 16.1. The molecule has 0 aliphatic carbocycles. The third-order valence-corrected chi connectivity index (χ3v) is 6.15. The average Bonchev–Trinajstić information content (AvgIpc) is 3.38. The Kier molecular flexibility index (Phi) is 13.3. The van der Waals surface area contributed by atoms with Crippen molar-refractivity contribution in [1.29, 1.82) is 0 Å². The fraction of sp³-hybridized carbons (Fsp3) is 0.600. The van der Waals surface area contributed by atoms with Crippen molar-refractivity contribution in [3.63, 3.8) is 0 Å². The van der Waals surface area contributed by atoms with E-state index >= 15 is 0 Å². The van der Waals surface area contributed by atoms with Gasteiger partial charge in [-0.05, 0) is 38.7 Å². The first-order valence-electron chi connectivity index (χ1n) is 14.3. The number of hydrogen-bond acceptors (Lipinski definition) is 7. The van der Waals surface area contributed by atoms with Crippen LogP contribution >= 0.6 is 0 Å². The monoisotopic (exact) mass is 572 g/mol. The van der Waals surface area contributed by atoms with E-state index < -0.39 is 47.7 Å². The molecule has 1 aromatic heterocycles. The molecule has 0 unspecified atom stereocenters. The number of aromatic amines is 1. The van der Waals surface area contributed by atoms with Gasteiger partial charge in [0.2, 0.25) is 11.8 Å². The van der Waals surface area contributed by atoms with Crippen LogP contribution in [0.5, 0.6) is 0 Å². The smallest absolute Gasteiger partial charge is 0.408 e. The van der Waals surface area contributed by atoms with Gasteiger partial charge in [-0.2, -0.15) is 0 Å². The Balaban J connectivity index is 2.27. The number of benzene rings is 1. The van der Waals surface area contributed by atoms with Crippen molar-refractivity contribution in [2.24, 2.45) is 5.92 Å². The summed E-state index contributed by atoms with van der Waals surface area (Å²) in [6, 6.07) is 6.91. The Morgan fingerprint density at radius 3 is 2.15 bits per heavy atom. The van der Waals surface area contributed by atoms with Gasteiger partial charge in [-0.3, -0.25) is 9.59 Å². The topological polar surface area (TPSA) is 157 Å². The molecule has 2 aromatic rings. The van der Waals surface area contributed by atoms with Crippen LogP contribution < -0.4 is 21.3 Å². The highest BCUT2D eigenvalue weighted by Gasteiger charge is 2.31. The molecule has 0 fully saturated rings. The molecule has 0 radical (unpaired) electrons. The summed E-state index contributed by atoms with van der Waals surface area (Å²) >= 11 is 0. The van der Waals surface area contributed by atoms with Gasteiger partial charge in [0.1, 0.15) is 17.7 Å². The van der Waals surface area contributed by atoms with E-state index in [9.17, 15) is 19.5 Å².